The maximum absolute atomic E-state index is 12.2. The molecule has 102 valence electrons. The van der Waals surface area contributed by atoms with Gasteiger partial charge in [0.05, 0.1) is 0 Å². The molecule has 1 aliphatic heterocycles. The van der Waals surface area contributed by atoms with Gasteiger partial charge in [0.1, 0.15) is 6.04 Å². The highest BCUT2D eigenvalue weighted by Gasteiger charge is 2.25. The lowest BCUT2D eigenvalue weighted by Gasteiger charge is -2.30. The van der Waals surface area contributed by atoms with Gasteiger partial charge in [-0.15, -0.1) is 0 Å². The van der Waals surface area contributed by atoms with Gasteiger partial charge in [-0.1, -0.05) is 25.1 Å². The fourth-order valence-electron chi connectivity index (χ4n) is 2.31. The van der Waals surface area contributed by atoms with Crippen LogP contribution < -0.4 is 10.2 Å². The van der Waals surface area contributed by atoms with Crippen LogP contribution >= 0.6 is 0 Å². The zero-order valence-electron chi connectivity index (χ0n) is 10.9. The van der Waals surface area contributed by atoms with E-state index in [0.717, 1.165) is 24.1 Å². The van der Waals surface area contributed by atoms with Crippen molar-refractivity contribution in [3.05, 3.63) is 29.8 Å². The molecule has 0 saturated heterocycles. The van der Waals surface area contributed by atoms with Crippen molar-refractivity contribution in [2.24, 2.45) is 0 Å². The van der Waals surface area contributed by atoms with Crippen molar-refractivity contribution >= 4 is 17.7 Å². The third kappa shape index (κ3) is 2.86. The monoisotopic (exact) mass is 262 g/mol. The summed E-state index contributed by atoms with van der Waals surface area (Å²) in [5.74, 6) is -0.999. The molecule has 5 nitrogen and oxygen atoms in total. The largest absolute Gasteiger partial charge is 0.480 e. The van der Waals surface area contributed by atoms with Gasteiger partial charge in [0, 0.05) is 12.2 Å². The van der Waals surface area contributed by atoms with Crippen LogP contribution in [0.25, 0.3) is 0 Å². The summed E-state index contributed by atoms with van der Waals surface area (Å²) < 4.78 is 0. The topological polar surface area (TPSA) is 69.6 Å². The second-order valence-corrected chi connectivity index (χ2v) is 4.63. The Bertz CT molecular complexity index is 487. The number of nitrogens with zero attached hydrogens (tertiary/aromatic N) is 1. The Morgan fingerprint density at radius 3 is 2.84 bits per heavy atom. The number of carboxylic acids is 1. The van der Waals surface area contributed by atoms with Crippen molar-refractivity contribution < 1.29 is 14.7 Å². The molecule has 0 spiro atoms. The van der Waals surface area contributed by atoms with Gasteiger partial charge in [0.15, 0.2) is 0 Å². The zero-order chi connectivity index (χ0) is 13.8. The van der Waals surface area contributed by atoms with Crippen LogP contribution in [0.5, 0.6) is 0 Å². The molecule has 1 aromatic rings. The summed E-state index contributed by atoms with van der Waals surface area (Å²) in [6, 6.07) is 6.58. The van der Waals surface area contributed by atoms with E-state index in [2.05, 4.69) is 5.32 Å². The van der Waals surface area contributed by atoms with Crippen LogP contribution in [-0.4, -0.2) is 29.7 Å². The van der Waals surface area contributed by atoms with Gasteiger partial charge in [-0.05, 0) is 30.9 Å². The van der Waals surface area contributed by atoms with E-state index in [4.69, 9.17) is 5.11 Å². The molecule has 0 unspecified atom stereocenters. The fraction of sp³-hybridized carbons (Fsp3) is 0.429. The minimum Gasteiger partial charge on any atom is -0.480 e. The zero-order valence-corrected chi connectivity index (χ0v) is 10.9. The first-order chi connectivity index (χ1) is 9.13. The van der Waals surface area contributed by atoms with Crippen molar-refractivity contribution in [1.82, 2.24) is 5.32 Å². The highest BCUT2D eigenvalue weighted by molar-refractivity contribution is 5.95. The molecule has 0 aliphatic carbocycles. The van der Waals surface area contributed by atoms with E-state index in [9.17, 15) is 9.59 Å². The Kier molecular flexibility index (Phi) is 4.04. The summed E-state index contributed by atoms with van der Waals surface area (Å²) in [6.07, 6.45) is 2.22. The van der Waals surface area contributed by atoms with Crippen molar-refractivity contribution in [1.29, 1.82) is 0 Å². The molecular formula is C14H18N2O3. The van der Waals surface area contributed by atoms with Crippen LogP contribution in [-0.2, 0) is 11.2 Å². The Hall–Kier alpha value is -2.04. The summed E-state index contributed by atoms with van der Waals surface area (Å²) >= 11 is 0. The molecule has 0 saturated carbocycles. The molecule has 0 aromatic heterocycles. The molecule has 2 N–H and O–H groups in total. The second kappa shape index (κ2) is 5.73. The number of para-hydroxylation sites is 1. The number of carbonyl (C=O) groups is 2. The number of aliphatic carboxylic acids is 1. The number of fused-ring (bicyclic) bond motifs is 1. The van der Waals surface area contributed by atoms with Crippen LogP contribution in [0.2, 0.25) is 0 Å². The average Bonchev–Trinajstić information content (AvgIpc) is 2.43. The maximum Gasteiger partial charge on any atom is 0.326 e. The summed E-state index contributed by atoms with van der Waals surface area (Å²) in [5.41, 5.74) is 2.01. The number of rotatable bonds is 3. The van der Waals surface area contributed by atoms with Gasteiger partial charge < -0.3 is 10.4 Å². The van der Waals surface area contributed by atoms with E-state index >= 15 is 0 Å². The number of carbonyl (C=O) groups excluding carboxylic acids is 1. The number of amides is 2. The molecule has 19 heavy (non-hydrogen) atoms. The molecule has 2 amide bonds. The van der Waals surface area contributed by atoms with E-state index in [1.54, 1.807) is 11.8 Å². The predicted octanol–water partition coefficient (Wildman–Crippen LogP) is 2.01. The van der Waals surface area contributed by atoms with Crippen molar-refractivity contribution in [2.45, 2.75) is 32.2 Å². The first kappa shape index (κ1) is 13.4. The molecule has 0 bridgehead atoms. The van der Waals surface area contributed by atoms with Crippen LogP contribution in [0.1, 0.15) is 25.3 Å². The molecular weight excluding hydrogens is 244 g/mol. The molecule has 5 heteroatoms. The molecule has 0 fully saturated rings. The molecule has 1 aliphatic rings. The minimum absolute atomic E-state index is 0.332. The van der Waals surface area contributed by atoms with E-state index in [1.165, 1.54) is 0 Å². The molecule has 2 rings (SSSR count). The van der Waals surface area contributed by atoms with Crippen LogP contribution in [0.3, 0.4) is 0 Å². The van der Waals surface area contributed by atoms with Gasteiger partial charge in [-0.3, -0.25) is 4.90 Å². The highest BCUT2D eigenvalue weighted by Crippen LogP contribution is 2.26. The molecule has 1 heterocycles. The Labute approximate surface area is 112 Å². The standard InChI is InChI=1S/C14H18N2O3/c1-2-11(13(17)18)15-14(19)16-9-5-7-10-6-3-4-8-12(10)16/h3-4,6,8,11H,2,5,7,9H2,1H3,(H,15,19)(H,17,18)/t11-/m0/s1. The average molecular weight is 262 g/mol. The lowest BCUT2D eigenvalue weighted by atomic mass is 10.0. The van der Waals surface area contributed by atoms with Crippen LogP contribution in [0.15, 0.2) is 24.3 Å². The molecule has 1 atom stereocenters. The normalized spacial score (nSPS) is 15.5. The van der Waals surface area contributed by atoms with E-state index in [0.29, 0.717) is 13.0 Å². The third-order valence-corrected chi connectivity index (χ3v) is 3.36. The quantitative estimate of drug-likeness (QED) is 0.875. The lowest BCUT2D eigenvalue weighted by molar-refractivity contribution is -0.139. The van der Waals surface area contributed by atoms with Gasteiger partial charge in [0.25, 0.3) is 0 Å². The third-order valence-electron chi connectivity index (χ3n) is 3.36. The van der Waals surface area contributed by atoms with Gasteiger partial charge in [0.2, 0.25) is 0 Å². The summed E-state index contributed by atoms with van der Waals surface area (Å²) in [5, 5.41) is 11.5. The second-order valence-electron chi connectivity index (χ2n) is 4.63. The number of aryl methyl sites for hydroxylation is 1. The Morgan fingerprint density at radius 1 is 1.42 bits per heavy atom. The minimum atomic E-state index is -0.999. The number of hydrogen-bond donors (Lipinski definition) is 2. The summed E-state index contributed by atoms with van der Waals surface area (Å²) in [4.78, 5) is 24.8. The number of urea groups is 1. The highest BCUT2D eigenvalue weighted by atomic mass is 16.4. The van der Waals surface area contributed by atoms with Gasteiger partial charge in [-0.25, -0.2) is 9.59 Å². The summed E-state index contributed by atoms with van der Waals surface area (Å²) in [7, 11) is 0. The lowest BCUT2D eigenvalue weighted by Crippen LogP contribution is -2.49. The van der Waals surface area contributed by atoms with Crippen LogP contribution in [0.4, 0.5) is 10.5 Å². The van der Waals surface area contributed by atoms with Gasteiger partial charge >= 0.3 is 12.0 Å². The van der Waals surface area contributed by atoms with E-state index in [-0.39, 0.29) is 6.03 Å². The SMILES string of the molecule is CC[C@H](NC(=O)N1CCCc2ccccc21)C(=O)O. The van der Waals surface area contributed by atoms with Gasteiger partial charge in [-0.2, -0.15) is 0 Å². The summed E-state index contributed by atoms with van der Waals surface area (Å²) in [6.45, 7) is 2.36. The van der Waals surface area contributed by atoms with Crippen molar-refractivity contribution in [3.8, 4) is 0 Å². The number of carboxylic acid groups (broad SMARTS) is 1. The van der Waals surface area contributed by atoms with Crippen LogP contribution in [0, 0.1) is 0 Å². The number of anilines is 1. The van der Waals surface area contributed by atoms with E-state index < -0.39 is 12.0 Å². The maximum atomic E-state index is 12.2. The number of benzene rings is 1. The first-order valence-corrected chi connectivity index (χ1v) is 6.52. The molecule has 0 radical (unpaired) electrons. The number of nitrogens with one attached hydrogen (secondary N) is 1. The van der Waals surface area contributed by atoms with Crippen molar-refractivity contribution in [2.75, 3.05) is 11.4 Å². The fourth-order valence-corrected chi connectivity index (χ4v) is 2.31. The number of hydrogen-bond acceptors (Lipinski definition) is 2. The smallest absolute Gasteiger partial charge is 0.326 e. The predicted molar refractivity (Wildman–Crippen MR) is 72.4 cm³/mol. The Morgan fingerprint density at radius 2 is 2.16 bits per heavy atom. The Balaban J connectivity index is 2.15. The first-order valence-electron chi connectivity index (χ1n) is 6.52. The van der Waals surface area contributed by atoms with Crippen molar-refractivity contribution in [3.63, 3.8) is 0 Å². The van der Waals surface area contributed by atoms with E-state index in [1.807, 2.05) is 24.3 Å². The molecule has 1 aromatic carbocycles.